The molecule has 0 saturated heterocycles. The molecular formula is C11H23NO4. The fourth-order valence-corrected chi connectivity index (χ4v) is 1.54. The minimum atomic E-state index is -0.744. The number of hydrogen-bond acceptors (Lipinski definition) is 4. The highest BCUT2D eigenvalue weighted by Crippen LogP contribution is 2.03. The summed E-state index contributed by atoms with van der Waals surface area (Å²) in [6, 6.07) is 0.286. The van der Waals surface area contributed by atoms with Crippen molar-refractivity contribution in [3.05, 3.63) is 0 Å². The molecule has 1 atom stereocenters. The normalized spacial score (nSPS) is 13.0. The molecule has 0 aromatic heterocycles. The zero-order valence-corrected chi connectivity index (χ0v) is 10.4. The lowest BCUT2D eigenvalue weighted by Gasteiger charge is -2.28. The molecule has 0 amide bonds. The third-order valence-electron chi connectivity index (χ3n) is 2.45. The SMILES string of the molecule is COCCN(CCCC(=O)O)C(C)COC. The maximum Gasteiger partial charge on any atom is 0.303 e. The molecule has 5 nitrogen and oxygen atoms in total. The fourth-order valence-electron chi connectivity index (χ4n) is 1.54. The van der Waals surface area contributed by atoms with Crippen LogP contribution in [0, 0.1) is 0 Å². The number of nitrogens with zero attached hydrogens (tertiary/aromatic N) is 1. The largest absolute Gasteiger partial charge is 0.481 e. The van der Waals surface area contributed by atoms with Gasteiger partial charge in [0.25, 0.3) is 0 Å². The number of rotatable bonds is 10. The standard InChI is InChI=1S/C11H23NO4/c1-10(9-16-3)12(7-8-15-2)6-4-5-11(13)14/h10H,4-9H2,1-3H3,(H,13,14). The second-order valence-electron chi connectivity index (χ2n) is 3.83. The molecule has 0 saturated carbocycles. The summed E-state index contributed by atoms with van der Waals surface area (Å²) < 4.78 is 10.1. The Morgan fingerprint density at radius 1 is 1.31 bits per heavy atom. The number of carboxylic acids is 1. The van der Waals surface area contributed by atoms with E-state index in [2.05, 4.69) is 11.8 Å². The number of carboxylic acid groups (broad SMARTS) is 1. The van der Waals surface area contributed by atoms with Gasteiger partial charge < -0.3 is 14.6 Å². The summed E-state index contributed by atoms with van der Waals surface area (Å²) in [6.07, 6.45) is 0.871. The Bertz CT molecular complexity index is 187. The fraction of sp³-hybridized carbons (Fsp3) is 0.909. The molecule has 1 N–H and O–H groups in total. The number of methoxy groups -OCH3 is 2. The predicted octanol–water partition coefficient (Wildman–Crippen LogP) is 0.835. The summed E-state index contributed by atoms with van der Waals surface area (Å²) in [5.41, 5.74) is 0. The van der Waals surface area contributed by atoms with Crippen molar-refractivity contribution in [3.8, 4) is 0 Å². The smallest absolute Gasteiger partial charge is 0.303 e. The van der Waals surface area contributed by atoms with Gasteiger partial charge in [-0.15, -0.1) is 0 Å². The lowest BCUT2D eigenvalue weighted by molar-refractivity contribution is -0.137. The highest BCUT2D eigenvalue weighted by atomic mass is 16.5. The third-order valence-corrected chi connectivity index (χ3v) is 2.45. The van der Waals surface area contributed by atoms with Crippen LogP contribution in [0.4, 0.5) is 0 Å². The molecule has 0 fully saturated rings. The Labute approximate surface area is 97.3 Å². The van der Waals surface area contributed by atoms with Crippen molar-refractivity contribution in [1.82, 2.24) is 4.90 Å². The van der Waals surface area contributed by atoms with Gasteiger partial charge in [0.1, 0.15) is 0 Å². The zero-order valence-electron chi connectivity index (χ0n) is 10.4. The van der Waals surface area contributed by atoms with Gasteiger partial charge in [0.15, 0.2) is 0 Å². The first kappa shape index (κ1) is 15.3. The van der Waals surface area contributed by atoms with Gasteiger partial charge in [-0.05, 0) is 19.9 Å². The molecule has 96 valence electrons. The van der Waals surface area contributed by atoms with Crippen molar-refractivity contribution in [2.45, 2.75) is 25.8 Å². The van der Waals surface area contributed by atoms with Crippen molar-refractivity contribution >= 4 is 5.97 Å². The minimum absolute atomic E-state index is 0.211. The Kier molecular flexibility index (Phi) is 9.18. The molecule has 0 aliphatic heterocycles. The molecule has 0 spiro atoms. The predicted molar refractivity (Wildman–Crippen MR) is 61.7 cm³/mol. The van der Waals surface area contributed by atoms with Crippen LogP contribution in [0.2, 0.25) is 0 Å². The number of aliphatic carboxylic acids is 1. The van der Waals surface area contributed by atoms with Crippen LogP contribution in [0.1, 0.15) is 19.8 Å². The summed E-state index contributed by atoms with van der Waals surface area (Å²) in [7, 11) is 3.33. The van der Waals surface area contributed by atoms with Crippen LogP contribution in [0.3, 0.4) is 0 Å². The van der Waals surface area contributed by atoms with Gasteiger partial charge >= 0.3 is 5.97 Å². The van der Waals surface area contributed by atoms with E-state index < -0.39 is 5.97 Å². The first-order valence-corrected chi connectivity index (χ1v) is 5.55. The lowest BCUT2D eigenvalue weighted by atomic mass is 10.2. The van der Waals surface area contributed by atoms with E-state index in [4.69, 9.17) is 14.6 Å². The summed E-state index contributed by atoms with van der Waals surface area (Å²) in [5.74, 6) is -0.744. The van der Waals surface area contributed by atoms with Crippen molar-refractivity contribution in [2.75, 3.05) is 40.5 Å². The number of hydrogen-bond donors (Lipinski definition) is 1. The van der Waals surface area contributed by atoms with E-state index in [0.29, 0.717) is 19.6 Å². The quantitative estimate of drug-likeness (QED) is 0.606. The van der Waals surface area contributed by atoms with Crippen LogP contribution in [0.15, 0.2) is 0 Å². The molecule has 0 rings (SSSR count). The van der Waals surface area contributed by atoms with E-state index in [1.54, 1.807) is 14.2 Å². The third kappa shape index (κ3) is 7.62. The van der Waals surface area contributed by atoms with Gasteiger partial charge in [-0.2, -0.15) is 0 Å². The van der Waals surface area contributed by atoms with Crippen molar-refractivity contribution in [3.63, 3.8) is 0 Å². The van der Waals surface area contributed by atoms with E-state index in [9.17, 15) is 4.79 Å². The maximum atomic E-state index is 10.4. The van der Waals surface area contributed by atoms with Gasteiger partial charge in [-0.3, -0.25) is 9.69 Å². The average Bonchev–Trinajstić information content (AvgIpc) is 2.22. The van der Waals surface area contributed by atoms with Crippen LogP contribution < -0.4 is 0 Å². The van der Waals surface area contributed by atoms with Gasteiger partial charge in [0.05, 0.1) is 13.2 Å². The molecule has 0 bridgehead atoms. The highest BCUT2D eigenvalue weighted by Gasteiger charge is 2.13. The van der Waals surface area contributed by atoms with E-state index in [1.807, 2.05) is 0 Å². The van der Waals surface area contributed by atoms with E-state index in [0.717, 1.165) is 13.1 Å². The number of ether oxygens (including phenoxy) is 2. The summed E-state index contributed by atoms with van der Waals surface area (Å²) in [6.45, 7) is 4.94. The molecule has 0 heterocycles. The zero-order chi connectivity index (χ0) is 12.4. The van der Waals surface area contributed by atoms with Crippen LogP contribution in [-0.2, 0) is 14.3 Å². The van der Waals surface area contributed by atoms with Crippen LogP contribution in [0.5, 0.6) is 0 Å². The van der Waals surface area contributed by atoms with Crippen LogP contribution >= 0.6 is 0 Å². The Hall–Kier alpha value is -0.650. The maximum absolute atomic E-state index is 10.4. The lowest BCUT2D eigenvalue weighted by Crippen LogP contribution is -2.39. The van der Waals surface area contributed by atoms with Crippen molar-refractivity contribution in [1.29, 1.82) is 0 Å². The molecule has 0 radical (unpaired) electrons. The first-order valence-electron chi connectivity index (χ1n) is 5.55. The molecule has 0 aliphatic rings. The summed E-state index contributed by atoms with van der Waals surface area (Å²) in [5, 5.41) is 8.58. The molecule has 0 aromatic carbocycles. The van der Waals surface area contributed by atoms with Gasteiger partial charge in [0.2, 0.25) is 0 Å². The Balaban J connectivity index is 3.93. The molecule has 1 unspecified atom stereocenters. The monoisotopic (exact) mass is 233 g/mol. The van der Waals surface area contributed by atoms with Gasteiger partial charge in [-0.25, -0.2) is 0 Å². The summed E-state index contributed by atoms with van der Waals surface area (Å²) in [4.78, 5) is 12.6. The van der Waals surface area contributed by atoms with E-state index in [-0.39, 0.29) is 12.5 Å². The first-order chi connectivity index (χ1) is 7.61. The van der Waals surface area contributed by atoms with Gasteiger partial charge in [0, 0.05) is 33.2 Å². The molecular weight excluding hydrogens is 210 g/mol. The van der Waals surface area contributed by atoms with Crippen LogP contribution in [0.25, 0.3) is 0 Å². The number of carbonyl (C=O) groups is 1. The molecule has 0 aromatic rings. The highest BCUT2D eigenvalue weighted by molar-refractivity contribution is 5.66. The van der Waals surface area contributed by atoms with Crippen LogP contribution in [-0.4, -0.2) is 62.5 Å². The average molecular weight is 233 g/mol. The minimum Gasteiger partial charge on any atom is -0.481 e. The molecule has 5 heteroatoms. The molecule has 0 aliphatic carbocycles. The van der Waals surface area contributed by atoms with E-state index in [1.165, 1.54) is 0 Å². The topological polar surface area (TPSA) is 59.0 Å². The second kappa shape index (κ2) is 9.57. The Morgan fingerprint density at radius 2 is 2.00 bits per heavy atom. The second-order valence-corrected chi connectivity index (χ2v) is 3.83. The summed E-state index contributed by atoms with van der Waals surface area (Å²) >= 11 is 0. The Morgan fingerprint density at radius 3 is 2.50 bits per heavy atom. The van der Waals surface area contributed by atoms with Crippen molar-refractivity contribution in [2.24, 2.45) is 0 Å². The van der Waals surface area contributed by atoms with E-state index >= 15 is 0 Å². The van der Waals surface area contributed by atoms with Crippen molar-refractivity contribution < 1.29 is 19.4 Å². The van der Waals surface area contributed by atoms with Gasteiger partial charge in [-0.1, -0.05) is 0 Å². The molecule has 16 heavy (non-hydrogen) atoms.